The van der Waals surface area contributed by atoms with E-state index >= 15 is 0 Å². The first-order chi connectivity index (χ1) is 10.1. The summed E-state index contributed by atoms with van der Waals surface area (Å²) in [6, 6.07) is 2.69. The fourth-order valence-electron chi connectivity index (χ4n) is 1.61. The van der Waals surface area contributed by atoms with E-state index in [4.69, 9.17) is 27.4 Å². The van der Waals surface area contributed by atoms with E-state index < -0.39 is 5.95 Å². The van der Waals surface area contributed by atoms with Crippen LogP contribution in [0.25, 0.3) is 0 Å². The largest absolute Gasteiger partial charge is 0.382 e. The number of pyridine rings is 1. The Bertz CT molecular complexity index is 456. The maximum atomic E-state index is 12.8. The van der Waals surface area contributed by atoms with E-state index in [0.29, 0.717) is 37.0 Å². The monoisotopic (exact) mass is 316 g/mol. The normalized spacial score (nSPS) is 10.7. The summed E-state index contributed by atoms with van der Waals surface area (Å²) in [5.74, 6) is -0.575. The number of aromatic nitrogens is 1. The highest BCUT2D eigenvalue weighted by molar-refractivity contribution is 7.80. The lowest BCUT2D eigenvalue weighted by Gasteiger charge is -2.18. The Morgan fingerprint density at radius 2 is 2.05 bits per heavy atom. The van der Waals surface area contributed by atoms with Crippen molar-refractivity contribution in [3.05, 3.63) is 18.1 Å². The van der Waals surface area contributed by atoms with Crippen LogP contribution >= 0.6 is 12.2 Å². The fraction of sp³-hybridized carbons (Fsp3) is 0.538. The quantitative estimate of drug-likeness (QED) is 0.384. The van der Waals surface area contributed by atoms with Crippen molar-refractivity contribution in [3.63, 3.8) is 0 Å². The van der Waals surface area contributed by atoms with Gasteiger partial charge < -0.3 is 25.8 Å². The lowest BCUT2D eigenvalue weighted by molar-refractivity contribution is -0.138. The average Bonchev–Trinajstić information content (AvgIpc) is 2.42. The van der Waals surface area contributed by atoms with Gasteiger partial charge in [-0.05, 0) is 38.2 Å². The molecule has 0 amide bonds. The summed E-state index contributed by atoms with van der Waals surface area (Å²) in [7, 11) is 0. The molecule has 0 unspecified atom stereocenters. The molecule has 0 aliphatic carbocycles. The van der Waals surface area contributed by atoms with Crippen molar-refractivity contribution in [2.75, 3.05) is 30.8 Å². The number of anilines is 2. The molecule has 21 heavy (non-hydrogen) atoms. The zero-order valence-corrected chi connectivity index (χ0v) is 13.0. The van der Waals surface area contributed by atoms with Crippen molar-refractivity contribution in [3.8, 4) is 0 Å². The van der Waals surface area contributed by atoms with Crippen molar-refractivity contribution in [1.82, 2.24) is 10.3 Å². The van der Waals surface area contributed by atoms with E-state index in [1.165, 1.54) is 12.1 Å². The van der Waals surface area contributed by atoms with Gasteiger partial charge in [0.15, 0.2) is 17.2 Å². The minimum atomic E-state index is -0.631. The van der Waals surface area contributed by atoms with Gasteiger partial charge >= 0.3 is 0 Å². The molecule has 0 aliphatic rings. The van der Waals surface area contributed by atoms with E-state index in [1.807, 2.05) is 13.8 Å². The van der Waals surface area contributed by atoms with Crippen LogP contribution in [0.3, 0.4) is 0 Å². The van der Waals surface area contributed by atoms with Crippen molar-refractivity contribution >= 4 is 28.8 Å². The minimum Gasteiger partial charge on any atom is -0.382 e. The predicted molar refractivity (Wildman–Crippen MR) is 84.5 cm³/mol. The molecule has 1 aromatic heterocycles. The molecular formula is C13H21FN4O2S. The highest BCUT2D eigenvalue weighted by Gasteiger charge is 2.08. The van der Waals surface area contributed by atoms with E-state index in [9.17, 15) is 4.39 Å². The summed E-state index contributed by atoms with van der Waals surface area (Å²) in [5, 5.41) is 6.24. The van der Waals surface area contributed by atoms with E-state index in [2.05, 4.69) is 15.6 Å². The third-order valence-corrected chi connectivity index (χ3v) is 2.76. The molecule has 0 aromatic carbocycles. The first-order valence-corrected chi connectivity index (χ1v) is 7.17. The molecule has 6 nitrogen and oxygen atoms in total. The summed E-state index contributed by atoms with van der Waals surface area (Å²) in [6.07, 6.45) is 0.397. The molecule has 0 radical (unpaired) electrons. The number of nitrogens with zero attached hydrogens (tertiary/aromatic N) is 1. The van der Waals surface area contributed by atoms with Gasteiger partial charge in [0.25, 0.3) is 0 Å². The van der Waals surface area contributed by atoms with Crippen LogP contribution in [0, 0.1) is 5.95 Å². The molecule has 118 valence electrons. The third kappa shape index (κ3) is 6.65. The number of nitrogen functional groups attached to an aromatic ring is 1. The van der Waals surface area contributed by atoms with Crippen LogP contribution in [-0.2, 0) is 9.47 Å². The summed E-state index contributed by atoms with van der Waals surface area (Å²) < 4.78 is 23.7. The van der Waals surface area contributed by atoms with Gasteiger partial charge in [0.1, 0.15) is 0 Å². The van der Waals surface area contributed by atoms with Crippen LogP contribution in [0.5, 0.6) is 0 Å². The van der Waals surface area contributed by atoms with E-state index in [1.54, 1.807) is 0 Å². The number of thiocarbonyl (C=S) groups is 1. The number of hydrogen-bond donors (Lipinski definition) is 3. The first kappa shape index (κ1) is 17.5. The van der Waals surface area contributed by atoms with Gasteiger partial charge in [-0.1, -0.05) is 0 Å². The lowest BCUT2D eigenvalue weighted by Crippen LogP contribution is -2.32. The minimum absolute atomic E-state index is 0.0562. The SMILES string of the molecule is CCOC(CCNC(=S)Nc1ccc(F)nc1N)OCC. The topological polar surface area (TPSA) is 81.4 Å². The Morgan fingerprint density at radius 3 is 2.62 bits per heavy atom. The highest BCUT2D eigenvalue weighted by atomic mass is 32.1. The average molecular weight is 316 g/mol. The maximum absolute atomic E-state index is 12.8. The van der Waals surface area contributed by atoms with E-state index in [-0.39, 0.29) is 12.1 Å². The van der Waals surface area contributed by atoms with Crippen molar-refractivity contribution < 1.29 is 13.9 Å². The van der Waals surface area contributed by atoms with Gasteiger partial charge in [0, 0.05) is 26.2 Å². The molecule has 0 saturated heterocycles. The second kappa shape index (κ2) is 9.43. The van der Waals surface area contributed by atoms with Gasteiger partial charge in [0.2, 0.25) is 5.95 Å². The van der Waals surface area contributed by atoms with E-state index in [0.717, 1.165) is 0 Å². The maximum Gasteiger partial charge on any atom is 0.214 e. The Hall–Kier alpha value is -1.51. The van der Waals surface area contributed by atoms with Crippen LogP contribution in [0.1, 0.15) is 20.3 Å². The predicted octanol–water partition coefficient (Wildman–Crippen LogP) is 1.88. The number of nitrogens with one attached hydrogen (secondary N) is 2. The number of halogens is 1. The molecule has 1 heterocycles. The molecule has 0 bridgehead atoms. The molecule has 0 fully saturated rings. The van der Waals surface area contributed by atoms with Crippen LogP contribution in [0.4, 0.5) is 15.9 Å². The number of nitrogens with two attached hydrogens (primary N) is 1. The van der Waals surface area contributed by atoms with Crippen molar-refractivity contribution in [1.29, 1.82) is 0 Å². The van der Waals surface area contributed by atoms with Gasteiger partial charge in [0.05, 0.1) is 5.69 Å². The van der Waals surface area contributed by atoms with Gasteiger partial charge in [-0.3, -0.25) is 0 Å². The molecule has 0 atom stereocenters. The molecule has 1 aromatic rings. The Balaban J connectivity index is 2.36. The Kier molecular flexibility index (Phi) is 7.88. The molecule has 0 spiro atoms. The molecule has 1 rings (SSSR count). The molecular weight excluding hydrogens is 295 g/mol. The zero-order valence-electron chi connectivity index (χ0n) is 12.2. The number of hydrogen-bond acceptors (Lipinski definition) is 5. The van der Waals surface area contributed by atoms with Crippen LogP contribution in [-0.4, -0.2) is 36.1 Å². The summed E-state index contributed by atoms with van der Waals surface area (Å²) >= 11 is 5.13. The summed E-state index contributed by atoms with van der Waals surface area (Å²) in [4.78, 5) is 3.51. The van der Waals surface area contributed by atoms with Crippen LogP contribution in [0.15, 0.2) is 12.1 Å². The summed E-state index contributed by atoms with van der Waals surface area (Å²) in [5.41, 5.74) is 6.04. The second-order valence-corrected chi connectivity index (χ2v) is 4.48. The number of ether oxygens (including phenoxy) is 2. The van der Waals surface area contributed by atoms with Crippen molar-refractivity contribution in [2.45, 2.75) is 26.6 Å². The smallest absolute Gasteiger partial charge is 0.214 e. The van der Waals surface area contributed by atoms with Crippen molar-refractivity contribution in [2.24, 2.45) is 0 Å². The first-order valence-electron chi connectivity index (χ1n) is 6.76. The lowest BCUT2D eigenvalue weighted by atomic mass is 10.4. The van der Waals surface area contributed by atoms with Crippen LogP contribution < -0.4 is 16.4 Å². The Morgan fingerprint density at radius 1 is 1.38 bits per heavy atom. The third-order valence-electron chi connectivity index (χ3n) is 2.51. The molecule has 8 heteroatoms. The van der Waals surface area contributed by atoms with Gasteiger partial charge in [-0.2, -0.15) is 4.39 Å². The number of rotatable bonds is 8. The Labute approximate surface area is 129 Å². The van der Waals surface area contributed by atoms with Gasteiger partial charge in [-0.15, -0.1) is 0 Å². The highest BCUT2D eigenvalue weighted by Crippen LogP contribution is 2.15. The second-order valence-electron chi connectivity index (χ2n) is 4.08. The summed E-state index contributed by atoms with van der Waals surface area (Å²) in [6.45, 7) is 5.58. The molecule has 0 saturated carbocycles. The zero-order chi connectivity index (χ0) is 15.7. The molecule has 4 N–H and O–H groups in total. The van der Waals surface area contributed by atoms with Crippen LogP contribution in [0.2, 0.25) is 0 Å². The van der Waals surface area contributed by atoms with Gasteiger partial charge in [-0.25, -0.2) is 4.98 Å². The fourth-order valence-corrected chi connectivity index (χ4v) is 1.82. The standard InChI is InChI=1S/C13H21FN4O2S/c1-3-19-11(20-4-2)7-8-16-13(21)17-9-5-6-10(14)18-12(9)15/h5-6,11H,3-4,7-8H2,1-2H3,(H2,15,18)(H2,16,17,21). The molecule has 0 aliphatic heterocycles.